The summed E-state index contributed by atoms with van der Waals surface area (Å²) in [6.07, 6.45) is 5.53. The van der Waals surface area contributed by atoms with E-state index in [9.17, 15) is 4.79 Å². The Hall–Kier alpha value is -2.73. The zero-order chi connectivity index (χ0) is 18.1. The Labute approximate surface area is 156 Å². The fraction of sp³-hybridized carbons (Fsp3) is 0.250. The van der Waals surface area contributed by atoms with E-state index in [1.54, 1.807) is 23.7 Å². The Bertz CT molecular complexity index is 931. The van der Waals surface area contributed by atoms with Crippen molar-refractivity contribution in [3.8, 4) is 11.1 Å². The quantitative estimate of drug-likeness (QED) is 0.745. The molecule has 1 fully saturated rings. The SMILES string of the molecule is Cc1ccc(CN(C(=O)c2cccc(-c3cnc(N)nc3)c2)C2CC2)s1. The van der Waals surface area contributed by atoms with Gasteiger partial charge in [-0.05, 0) is 49.6 Å². The van der Waals surface area contributed by atoms with Crippen LogP contribution in [0.5, 0.6) is 0 Å². The molecule has 1 aromatic carbocycles. The Balaban J connectivity index is 1.59. The maximum atomic E-state index is 13.2. The van der Waals surface area contributed by atoms with Crippen molar-refractivity contribution in [1.29, 1.82) is 0 Å². The number of nitrogen functional groups attached to an aromatic ring is 1. The van der Waals surface area contributed by atoms with Crippen LogP contribution in [0.15, 0.2) is 48.8 Å². The van der Waals surface area contributed by atoms with E-state index in [1.165, 1.54) is 9.75 Å². The van der Waals surface area contributed by atoms with E-state index in [2.05, 4.69) is 29.0 Å². The van der Waals surface area contributed by atoms with Crippen LogP contribution in [0, 0.1) is 6.92 Å². The van der Waals surface area contributed by atoms with Crippen molar-refractivity contribution >= 4 is 23.2 Å². The number of aryl methyl sites for hydroxylation is 1. The second-order valence-corrected chi connectivity index (χ2v) is 7.96. The van der Waals surface area contributed by atoms with Gasteiger partial charge in [-0.25, -0.2) is 9.97 Å². The lowest BCUT2D eigenvalue weighted by Crippen LogP contribution is -2.32. The summed E-state index contributed by atoms with van der Waals surface area (Å²) < 4.78 is 0. The van der Waals surface area contributed by atoms with Gasteiger partial charge in [0, 0.05) is 39.3 Å². The Kier molecular flexibility index (Phi) is 4.42. The first-order valence-electron chi connectivity index (χ1n) is 8.64. The van der Waals surface area contributed by atoms with Crippen molar-refractivity contribution in [1.82, 2.24) is 14.9 Å². The van der Waals surface area contributed by atoms with Gasteiger partial charge in [-0.1, -0.05) is 12.1 Å². The minimum absolute atomic E-state index is 0.0803. The summed E-state index contributed by atoms with van der Waals surface area (Å²) in [5.74, 6) is 0.323. The third kappa shape index (κ3) is 3.60. The summed E-state index contributed by atoms with van der Waals surface area (Å²) in [6, 6.07) is 12.2. The van der Waals surface area contributed by atoms with E-state index in [4.69, 9.17) is 5.73 Å². The smallest absolute Gasteiger partial charge is 0.254 e. The molecule has 132 valence electrons. The highest BCUT2D eigenvalue weighted by Crippen LogP contribution is 2.31. The standard InChI is InChI=1S/C20H20N4OS/c1-13-5-8-18(26-13)12-24(17-6-7-17)19(25)15-4-2-3-14(9-15)16-10-22-20(21)23-11-16/h2-5,8-11,17H,6-7,12H2,1H3,(H2,21,22,23). The van der Waals surface area contributed by atoms with Gasteiger partial charge in [0.05, 0.1) is 6.54 Å². The lowest BCUT2D eigenvalue weighted by molar-refractivity contribution is 0.0731. The fourth-order valence-corrected chi connectivity index (χ4v) is 3.86. The zero-order valence-corrected chi connectivity index (χ0v) is 15.4. The molecule has 1 amide bonds. The number of carbonyl (C=O) groups is 1. The van der Waals surface area contributed by atoms with Crippen LogP contribution < -0.4 is 5.73 Å². The van der Waals surface area contributed by atoms with Gasteiger partial charge in [-0.15, -0.1) is 11.3 Å². The van der Waals surface area contributed by atoms with E-state index in [0.717, 1.165) is 24.0 Å². The lowest BCUT2D eigenvalue weighted by atomic mass is 10.0. The summed E-state index contributed by atoms with van der Waals surface area (Å²) in [4.78, 5) is 25.7. The van der Waals surface area contributed by atoms with Crippen molar-refractivity contribution < 1.29 is 4.79 Å². The largest absolute Gasteiger partial charge is 0.368 e. The van der Waals surface area contributed by atoms with Crippen LogP contribution in [-0.2, 0) is 6.54 Å². The maximum absolute atomic E-state index is 13.2. The van der Waals surface area contributed by atoms with E-state index < -0.39 is 0 Å². The van der Waals surface area contributed by atoms with Gasteiger partial charge in [-0.2, -0.15) is 0 Å². The Morgan fingerprint density at radius 2 is 1.96 bits per heavy atom. The van der Waals surface area contributed by atoms with Gasteiger partial charge in [-0.3, -0.25) is 4.79 Å². The number of amides is 1. The minimum Gasteiger partial charge on any atom is -0.368 e. The van der Waals surface area contributed by atoms with Crippen LogP contribution in [0.25, 0.3) is 11.1 Å². The molecule has 5 nitrogen and oxygen atoms in total. The predicted octanol–water partition coefficient (Wildman–Crippen LogP) is 3.90. The Morgan fingerprint density at radius 1 is 1.19 bits per heavy atom. The summed E-state index contributed by atoms with van der Waals surface area (Å²) >= 11 is 1.75. The van der Waals surface area contributed by atoms with Gasteiger partial charge in [0.15, 0.2) is 0 Å². The fourth-order valence-electron chi connectivity index (χ4n) is 2.98. The second-order valence-electron chi connectivity index (χ2n) is 6.59. The minimum atomic E-state index is 0.0803. The van der Waals surface area contributed by atoms with Gasteiger partial charge in [0.25, 0.3) is 5.91 Å². The van der Waals surface area contributed by atoms with Crippen LogP contribution in [0.2, 0.25) is 0 Å². The topological polar surface area (TPSA) is 72.1 Å². The third-order valence-corrected chi connectivity index (χ3v) is 5.47. The molecule has 1 aliphatic rings. The molecule has 2 N–H and O–H groups in total. The maximum Gasteiger partial charge on any atom is 0.254 e. The highest BCUT2D eigenvalue weighted by atomic mass is 32.1. The highest BCUT2D eigenvalue weighted by Gasteiger charge is 2.33. The van der Waals surface area contributed by atoms with Gasteiger partial charge in [0.2, 0.25) is 5.95 Å². The first-order valence-corrected chi connectivity index (χ1v) is 9.46. The molecule has 4 rings (SSSR count). The zero-order valence-electron chi connectivity index (χ0n) is 14.6. The number of benzene rings is 1. The summed E-state index contributed by atoms with van der Waals surface area (Å²) in [5.41, 5.74) is 8.01. The van der Waals surface area contributed by atoms with E-state index in [0.29, 0.717) is 18.2 Å². The van der Waals surface area contributed by atoms with Crippen molar-refractivity contribution in [2.45, 2.75) is 32.4 Å². The monoisotopic (exact) mass is 364 g/mol. The molecule has 1 saturated carbocycles. The molecular weight excluding hydrogens is 344 g/mol. The van der Waals surface area contributed by atoms with Gasteiger partial charge in [0.1, 0.15) is 0 Å². The molecule has 0 atom stereocenters. The van der Waals surface area contributed by atoms with Crippen LogP contribution in [-0.4, -0.2) is 26.8 Å². The lowest BCUT2D eigenvalue weighted by Gasteiger charge is -2.22. The normalized spacial score (nSPS) is 13.6. The van der Waals surface area contributed by atoms with E-state index in [1.807, 2.05) is 29.2 Å². The van der Waals surface area contributed by atoms with Crippen LogP contribution >= 0.6 is 11.3 Å². The number of nitrogens with zero attached hydrogens (tertiary/aromatic N) is 3. The van der Waals surface area contributed by atoms with E-state index >= 15 is 0 Å². The molecule has 0 spiro atoms. The predicted molar refractivity (Wildman–Crippen MR) is 104 cm³/mol. The molecule has 1 aliphatic carbocycles. The molecule has 2 aromatic heterocycles. The number of thiophene rings is 1. The number of nitrogens with two attached hydrogens (primary N) is 1. The molecule has 0 unspecified atom stereocenters. The summed E-state index contributed by atoms with van der Waals surface area (Å²) in [5, 5.41) is 0. The van der Waals surface area contributed by atoms with E-state index in [-0.39, 0.29) is 11.9 Å². The molecule has 26 heavy (non-hydrogen) atoms. The van der Waals surface area contributed by atoms with Crippen LogP contribution in [0.1, 0.15) is 33.0 Å². The first kappa shape index (κ1) is 16.7. The van der Waals surface area contributed by atoms with Gasteiger partial charge < -0.3 is 10.6 Å². The number of carbonyl (C=O) groups excluding carboxylic acids is 1. The second kappa shape index (κ2) is 6.88. The van der Waals surface area contributed by atoms with Crippen LogP contribution in [0.4, 0.5) is 5.95 Å². The number of anilines is 1. The van der Waals surface area contributed by atoms with Crippen molar-refractivity contribution in [2.24, 2.45) is 0 Å². The number of hydrogen-bond acceptors (Lipinski definition) is 5. The molecule has 0 aliphatic heterocycles. The molecule has 0 saturated heterocycles. The Morgan fingerprint density at radius 3 is 2.62 bits per heavy atom. The molecule has 0 bridgehead atoms. The highest BCUT2D eigenvalue weighted by molar-refractivity contribution is 7.11. The molecule has 0 radical (unpaired) electrons. The van der Waals surface area contributed by atoms with Crippen molar-refractivity contribution in [2.75, 3.05) is 5.73 Å². The number of rotatable bonds is 5. The average Bonchev–Trinajstić information content (AvgIpc) is 3.42. The summed E-state index contributed by atoms with van der Waals surface area (Å²) in [6.45, 7) is 2.77. The van der Waals surface area contributed by atoms with Gasteiger partial charge >= 0.3 is 0 Å². The molecule has 6 heteroatoms. The number of hydrogen-bond donors (Lipinski definition) is 1. The summed E-state index contributed by atoms with van der Waals surface area (Å²) in [7, 11) is 0. The average molecular weight is 364 g/mol. The molecule has 3 aromatic rings. The molecular formula is C20H20N4OS. The van der Waals surface area contributed by atoms with Crippen LogP contribution in [0.3, 0.4) is 0 Å². The third-order valence-electron chi connectivity index (χ3n) is 4.49. The molecule has 2 heterocycles. The van der Waals surface area contributed by atoms with Crippen molar-refractivity contribution in [3.63, 3.8) is 0 Å². The number of aromatic nitrogens is 2. The first-order chi connectivity index (χ1) is 12.6. The van der Waals surface area contributed by atoms with Crippen molar-refractivity contribution in [3.05, 3.63) is 64.1 Å².